The first-order valence-electron chi connectivity index (χ1n) is 13.3. The minimum absolute atomic E-state index is 0.0370. The quantitative estimate of drug-likeness (QED) is 0.257. The number of hydrazone groups is 1. The van der Waals surface area contributed by atoms with E-state index in [-0.39, 0.29) is 30.0 Å². The molecule has 0 aliphatic heterocycles. The Labute approximate surface area is 235 Å². The summed E-state index contributed by atoms with van der Waals surface area (Å²) in [5.74, 6) is -0.158. The Bertz CT molecular complexity index is 1370. The van der Waals surface area contributed by atoms with Gasteiger partial charge < -0.3 is 10.1 Å². The third-order valence-electron chi connectivity index (χ3n) is 6.53. The van der Waals surface area contributed by atoms with Gasteiger partial charge >= 0.3 is 0 Å². The summed E-state index contributed by atoms with van der Waals surface area (Å²) < 4.78 is 33.2. The smallest absolute Gasteiger partial charge is 0.258 e. The van der Waals surface area contributed by atoms with E-state index in [1.807, 2.05) is 18.2 Å². The van der Waals surface area contributed by atoms with Gasteiger partial charge in [0.25, 0.3) is 11.8 Å². The lowest BCUT2D eigenvalue weighted by Gasteiger charge is -2.22. The molecule has 40 heavy (non-hydrogen) atoms. The molecule has 2 amide bonds. The minimum Gasteiger partial charge on any atom is -0.484 e. The molecule has 0 radical (unpaired) electrons. The molecule has 0 aromatic heterocycles. The number of nitrogens with one attached hydrogen (secondary N) is 2. The maximum atomic E-state index is 13.3. The van der Waals surface area contributed by atoms with Crippen molar-refractivity contribution in [1.82, 2.24) is 15.0 Å². The Morgan fingerprint density at radius 2 is 1.52 bits per heavy atom. The predicted molar refractivity (Wildman–Crippen MR) is 153 cm³/mol. The average Bonchev–Trinajstić information content (AvgIpc) is 2.98. The van der Waals surface area contributed by atoms with E-state index in [1.165, 1.54) is 24.8 Å². The molecule has 3 aromatic rings. The molecule has 4 rings (SSSR count). The van der Waals surface area contributed by atoms with E-state index < -0.39 is 22.5 Å². The first-order valence-corrected chi connectivity index (χ1v) is 14.8. The number of nitrogens with zero attached hydrogens (tertiary/aromatic N) is 2. The van der Waals surface area contributed by atoms with Crippen molar-refractivity contribution >= 4 is 28.1 Å². The number of hydrogen-bond donors (Lipinski definition) is 2. The SMILES string of the molecule is O=C(CN(Cc1ccccc1)S(=O)(=O)c1ccccc1)N/N=C\c1ccc(OCC(=O)NC2CCCCC2)cc1. The van der Waals surface area contributed by atoms with Gasteiger partial charge in [0, 0.05) is 12.6 Å². The van der Waals surface area contributed by atoms with E-state index >= 15 is 0 Å². The summed E-state index contributed by atoms with van der Waals surface area (Å²) in [6.07, 6.45) is 7.01. The maximum absolute atomic E-state index is 13.3. The second-order valence-electron chi connectivity index (χ2n) is 9.63. The van der Waals surface area contributed by atoms with Crippen LogP contribution in [0.5, 0.6) is 5.75 Å². The molecule has 1 fully saturated rings. The maximum Gasteiger partial charge on any atom is 0.258 e. The summed E-state index contributed by atoms with van der Waals surface area (Å²) in [6.45, 7) is -0.417. The topological polar surface area (TPSA) is 117 Å². The van der Waals surface area contributed by atoms with Crippen molar-refractivity contribution < 1.29 is 22.7 Å². The summed E-state index contributed by atoms with van der Waals surface area (Å²) in [5.41, 5.74) is 3.85. The standard InChI is InChI=1S/C30H34N4O5S/c35-29(22-34(21-25-10-4-1-5-11-25)40(37,38)28-14-8-3-9-15-28)33-31-20-24-16-18-27(19-17-24)39-23-30(36)32-26-12-6-2-7-13-26/h1,3-5,8-11,14-20,26H,2,6-7,12-13,21-23H2,(H,32,36)(H,33,35)/b31-20-. The first kappa shape index (κ1) is 29.0. The molecular weight excluding hydrogens is 528 g/mol. The highest BCUT2D eigenvalue weighted by Gasteiger charge is 2.26. The monoisotopic (exact) mass is 562 g/mol. The third-order valence-corrected chi connectivity index (χ3v) is 8.33. The number of ether oxygens (including phenoxy) is 1. The Morgan fingerprint density at radius 3 is 2.20 bits per heavy atom. The second kappa shape index (κ2) is 14.4. The van der Waals surface area contributed by atoms with Gasteiger partial charge in [-0.05, 0) is 60.4 Å². The van der Waals surface area contributed by atoms with Gasteiger partial charge in [0.15, 0.2) is 6.61 Å². The van der Waals surface area contributed by atoms with Gasteiger partial charge in [-0.3, -0.25) is 9.59 Å². The van der Waals surface area contributed by atoms with Crippen LogP contribution in [0.1, 0.15) is 43.2 Å². The van der Waals surface area contributed by atoms with Crippen LogP contribution < -0.4 is 15.5 Å². The van der Waals surface area contributed by atoms with Crippen molar-refractivity contribution in [2.24, 2.45) is 5.10 Å². The summed E-state index contributed by atoms with van der Waals surface area (Å²) in [7, 11) is -3.92. The molecule has 1 saturated carbocycles. The summed E-state index contributed by atoms with van der Waals surface area (Å²) in [4.78, 5) is 24.9. The molecule has 9 nitrogen and oxygen atoms in total. The van der Waals surface area contributed by atoms with E-state index in [1.54, 1.807) is 54.6 Å². The van der Waals surface area contributed by atoms with Crippen molar-refractivity contribution in [2.75, 3.05) is 13.2 Å². The number of sulfonamides is 1. The Hall–Kier alpha value is -4.02. The van der Waals surface area contributed by atoms with E-state index in [0.29, 0.717) is 11.3 Å². The fraction of sp³-hybridized carbons (Fsp3) is 0.300. The zero-order valence-electron chi connectivity index (χ0n) is 22.2. The molecule has 1 aliphatic rings. The number of carbonyl (C=O) groups is 2. The number of amides is 2. The van der Waals surface area contributed by atoms with Crippen molar-refractivity contribution in [3.8, 4) is 5.75 Å². The van der Waals surface area contributed by atoms with Gasteiger partial charge in [0.1, 0.15) is 5.75 Å². The van der Waals surface area contributed by atoms with E-state index in [9.17, 15) is 18.0 Å². The molecular formula is C30H34N4O5S. The van der Waals surface area contributed by atoms with Crippen molar-refractivity contribution in [1.29, 1.82) is 0 Å². The lowest BCUT2D eigenvalue weighted by atomic mass is 9.95. The Kier molecular flexibility index (Phi) is 10.4. The summed E-state index contributed by atoms with van der Waals surface area (Å²) in [6, 6.07) is 24.2. The molecule has 0 saturated heterocycles. The second-order valence-corrected chi connectivity index (χ2v) is 11.6. The highest BCUT2D eigenvalue weighted by Crippen LogP contribution is 2.19. The Balaban J connectivity index is 1.29. The summed E-state index contributed by atoms with van der Waals surface area (Å²) in [5, 5.41) is 6.99. The normalized spacial score (nSPS) is 14.2. The highest BCUT2D eigenvalue weighted by atomic mass is 32.2. The third kappa shape index (κ3) is 8.75. The van der Waals surface area contributed by atoms with Crippen molar-refractivity contribution in [3.05, 3.63) is 96.1 Å². The highest BCUT2D eigenvalue weighted by molar-refractivity contribution is 7.89. The number of benzene rings is 3. The molecule has 1 aliphatic carbocycles. The molecule has 0 spiro atoms. The average molecular weight is 563 g/mol. The zero-order valence-corrected chi connectivity index (χ0v) is 23.1. The van der Waals surface area contributed by atoms with Crippen LogP contribution in [0.3, 0.4) is 0 Å². The molecule has 0 atom stereocenters. The fourth-order valence-electron chi connectivity index (χ4n) is 4.44. The van der Waals surface area contributed by atoms with Crippen LogP contribution >= 0.6 is 0 Å². The number of rotatable bonds is 12. The lowest BCUT2D eigenvalue weighted by Crippen LogP contribution is -2.39. The van der Waals surface area contributed by atoms with Gasteiger partial charge in [0.05, 0.1) is 17.7 Å². The van der Waals surface area contributed by atoms with Crippen LogP contribution in [0.2, 0.25) is 0 Å². The summed E-state index contributed by atoms with van der Waals surface area (Å²) >= 11 is 0. The molecule has 0 heterocycles. The van der Waals surface area contributed by atoms with E-state index in [4.69, 9.17) is 4.74 Å². The molecule has 0 unspecified atom stereocenters. The van der Waals surface area contributed by atoms with Crippen molar-refractivity contribution in [2.45, 2.75) is 49.6 Å². The minimum atomic E-state index is -3.92. The molecule has 0 bridgehead atoms. The molecule has 210 valence electrons. The van der Waals surface area contributed by atoms with E-state index in [2.05, 4.69) is 15.8 Å². The van der Waals surface area contributed by atoms with E-state index in [0.717, 1.165) is 35.6 Å². The first-order chi connectivity index (χ1) is 19.4. The van der Waals surface area contributed by atoms with Gasteiger partial charge in [-0.2, -0.15) is 9.41 Å². The van der Waals surface area contributed by atoms with Crippen LogP contribution in [0.15, 0.2) is 94.9 Å². The van der Waals surface area contributed by atoms with Gasteiger partial charge in [0.2, 0.25) is 10.0 Å². The number of carbonyl (C=O) groups excluding carboxylic acids is 2. The Morgan fingerprint density at radius 1 is 0.875 bits per heavy atom. The predicted octanol–water partition coefficient (Wildman–Crippen LogP) is 3.86. The van der Waals surface area contributed by atoms with Crippen LogP contribution in [0, 0.1) is 0 Å². The molecule has 3 aromatic carbocycles. The van der Waals surface area contributed by atoms with Crippen LogP contribution in [0.25, 0.3) is 0 Å². The van der Waals surface area contributed by atoms with Gasteiger partial charge in [-0.25, -0.2) is 13.8 Å². The fourth-order valence-corrected chi connectivity index (χ4v) is 5.85. The van der Waals surface area contributed by atoms with Crippen LogP contribution in [-0.4, -0.2) is 49.9 Å². The largest absolute Gasteiger partial charge is 0.484 e. The zero-order chi connectivity index (χ0) is 28.2. The van der Waals surface area contributed by atoms with Crippen LogP contribution in [-0.2, 0) is 26.2 Å². The van der Waals surface area contributed by atoms with Crippen molar-refractivity contribution in [3.63, 3.8) is 0 Å². The molecule has 10 heteroatoms. The molecule has 2 N–H and O–H groups in total. The van der Waals surface area contributed by atoms with Gasteiger partial charge in [-0.15, -0.1) is 0 Å². The lowest BCUT2D eigenvalue weighted by molar-refractivity contribution is -0.124. The van der Waals surface area contributed by atoms with Gasteiger partial charge in [-0.1, -0.05) is 67.8 Å². The number of hydrogen-bond acceptors (Lipinski definition) is 6. The van der Waals surface area contributed by atoms with Crippen LogP contribution in [0.4, 0.5) is 0 Å².